The van der Waals surface area contributed by atoms with Gasteiger partial charge in [-0.2, -0.15) is 0 Å². The second-order valence-corrected chi connectivity index (χ2v) is 2.89. The van der Waals surface area contributed by atoms with Gasteiger partial charge in [-0.3, -0.25) is 6.15 Å². The number of ether oxygens (including phenoxy) is 1. The summed E-state index contributed by atoms with van der Waals surface area (Å²) in [6, 6.07) is 0. The van der Waals surface area contributed by atoms with Crippen LogP contribution in [0.5, 0.6) is 0 Å². The van der Waals surface area contributed by atoms with E-state index >= 15 is 0 Å². The van der Waals surface area contributed by atoms with Crippen molar-refractivity contribution in [2.75, 3.05) is 0 Å². The molecular formula is C12H21N2OV. The van der Waals surface area contributed by atoms with E-state index in [0.717, 1.165) is 5.70 Å². The quantitative estimate of drug-likeness (QED) is 0.704. The molecule has 1 rings (SSSR count). The minimum absolute atomic E-state index is 0. The van der Waals surface area contributed by atoms with Crippen LogP contribution in [-0.4, -0.2) is 12.0 Å². The first-order valence-corrected chi connectivity index (χ1v) is 4.73. The number of allylic oxidation sites excluding steroid dienone is 1. The predicted octanol–water partition coefficient (Wildman–Crippen LogP) is 3.13. The minimum Gasteiger partial charge on any atom is -0.471 e. The predicted molar refractivity (Wildman–Crippen MR) is 65.9 cm³/mol. The van der Waals surface area contributed by atoms with Gasteiger partial charge >= 0.3 is 0 Å². The molecule has 4 radical (unpaired) electrons. The van der Waals surface area contributed by atoms with E-state index in [0.29, 0.717) is 5.90 Å². The summed E-state index contributed by atoms with van der Waals surface area (Å²) in [5.41, 5.74) is 0.903. The first-order valence-electron chi connectivity index (χ1n) is 4.73. The Kier molecular flexibility index (Phi) is 14.3. The van der Waals surface area contributed by atoms with Crippen molar-refractivity contribution in [1.29, 1.82) is 0 Å². The van der Waals surface area contributed by atoms with Crippen LogP contribution < -0.4 is 6.15 Å². The molecule has 0 aliphatic carbocycles. The molecule has 1 aliphatic rings. The molecule has 0 spiro atoms. The third-order valence-corrected chi connectivity index (χ3v) is 1.93. The fraction of sp³-hybridized carbons (Fsp3) is 0.417. The van der Waals surface area contributed by atoms with Gasteiger partial charge in [0.15, 0.2) is 5.90 Å². The van der Waals surface area contributed by atoms with Gasteiger partial charge in [0.2, 0.25) is 0 Å². The molecule has 90 valence electrons. The molecule has 0 amide bonds. The molecule has 4 heteroatoms. The van der Waals surface area contributed by atoms with Crippen LogP contribution in [0.3, 0.4) is 0 Å². The SMILES string of the molecule is [CH2]/C=C1/N=C(C)OC1C(C)C=C.[CH2]C.[NH2].[V]. The van der Waals surface area contributed by atoms with Crippen molar-refractivity contribution < 1.29 is 23.3 Å². The maximum atomic E-state index is 5.49. The Morgan fingerprint density at radius 1 is 1.44 bits per heavy atom. The molecule has 0 aromatic heterocycles. The van der Waals surface area contributed by atoms with Crippen molar-refractivity contribution in [2.45, 2.75) is 26.9 Å². The summed E-state index contributed by atoms with van der Waals surface area (Å²) < 4.78 is 5.49. The Morgan fingerprint density at radius 3 is 2.31 bits per heavy atom. The van der Waals surface area contributed by atoms with Gasteiger partial charge in [-0.1, -0.05) is 32.9 Å². The van der Waals surface area contributed by atoms with E-state index in [9.17, 15) is 0 Å². The summed E-state index contributed by atoms with van der Waals surface area (Å²) in [5, 5.41) is 0. The summed E-state index contributed by atoms with van der Waals surface area (Å²) in [7, 11) is 0. The van der Waals surface area contributed by atoms with Crippen molar-refractivity contribution in [3.05, 3.63) is 38.3 Å². The second kappa shape index (κ2) is 11.0. The van der Waals surface area contributed by atoms with Gasteiger partial charge in [-0.05, 0) is 6.92 Å². The zero-order chi connectivity index (χ0) is 11.1. The van der Waals surface area contributed by atoms with Crippen molar-refractivity contribution in [3.63, 3.8) is 0 Å². The molecule has 0 aromatic carbocycles. The van der Waals surface area contributed by atoms with Crippen molar-refractivity contribution in [3.8, 4) is 0 Å². The molecule has 0 aromatic rings. The van der Waals surface area contributed by atoms with Crippen LogP contribution in [0.25, 0.3) is 0 Å². The largest absolute Gasteiger partial charge is 0.471 e. The van der Waals surface area contributed by atoms with Crippen LogP contribution in [0, 0.1) is 19.8 Å². The first-order chi connectivity index (χ1) is 6.69. The van der Waals surface area contributed by atoms with E-state index in [1.807, 2.05) is 13.0 Å². The van der Waals surface area contributed by atoms with E-state index in [1.165, 1.54) is 0 Å². The molecular weight excluding hydrogens is 239 g/mol. The van der Waals surface area contributed by atoms with E-state index < -0.39 is 0 Å². The topological polar surface area (TPSA) is 55.1 Å². The maximum absolute atomic E-state index is 5.49. The number of nitrogens with two attached hydrogens (primary N) is 1. The third-order valence-electron chi connectivity index (χ3n) is 1.93. The molecule has 1 heterocycles. The Morgan fingerprint density at radius 2 is 1.94 bits per heavy atom. The van der Waals surface area contributed by atoms with E-state index in [4.69, 9.17) is 4.74 Å². The summed E-state index contributed by atoms with van der Waals surface area (Å²) in [6.07, 6.45) is 3.61. The summed E-state index contributed by atoms with van der Waals surface area (Å²) in [5.74, 6) is 0.989. The number of rotatable bonds is 2. The molecule has 16 heavy (non-hydrogen) atoms. The Labute approximate surface area is 112 Å². The van der Waals surface area contributed by atoms with Crippen LogP contribution in [-0.2, 0) is 23.3 Å². The van der Waals surface area contributed by atoms with Gasteiger partial charge in [-0.15, -0.1) is 6.58 Å². The maximum Gasteiger partial charge on any atom is 0.185 e. The zero-order valence-electron chi connectivity index (χ0n) is 10.3. The average Bonchev–Trinajstić information content (AvgIpc) is 2.61. The molecule has 0 saturated carbocycles. The van der Waals surface area contributed by atoms with Gasteiger partial charge in [0.05, 0.1) is 5.70 Å². The minimum atomic E-state index is 0. The Bertz CT molecular complexity index is 249. The van der Waals surface area contributed by atoms with Gasteiger partial charge in [0.1, 0.15) is 6.10 Å². The summed E-state index contributed by atoms with van der Waals surface area (Å²) in [6.45, 7) is 16.3. The number of hydrogen-bond acceptors (Lipinski definition) is 2. The normalized spacial score (nSPS) is 21.4. The van der Waals surface area contributed by atoms with Crippen LogP contribution in [0.2, 0.25) is 0 Å². The van der Waals surface area contributed by atoms with Gasteiger partial charge in [0, 0.05) is 31.4 Å². The Hall–Kier alpha value is -0.506. The Balaban J connectivity index is -0.000000399. The third kappa shape index (κ3) is 5.54. The van der Waals surface area contributed by atoms with Crippen molar-refractivity contribution in [2.24, 2.45) is 10.9 Å². The number of nitrogens with zero attached hydrogens (tertiary/aromatic N) is 1. The first kappa shape index (κ1) is 20.9. The average molecular weight is 260 g/mol. The van der Waals surface area contributed by atoms with Crippen molar-refractivity contribution in [1.82, 2.24) is 6.15 Å². The molecule has 0 bridgehead atoms. The fourth-order valence-electron chi connectivity index (χ4n) is 1.18. The summed E-state index contributed by atoms with van der Waals surface area (Å²) in [4.78, 5) is 4.20. The standard InChI is InChI=1S/C10H14NO.C2H5.H2N.V/c1-5-7(3)10-9(6-2)11-8(4)12-10;1-2;;/h5-7,10H,1-2H2,3-4H3;1H2,2H3;1H2;/b9-6+;;;. The smallest absolute Gasteiger partial charge is 0.185 e. The van der Waals surface area contributed by atoms with E-state index in [1.54, 1.807) is 13.0 Å². The van der Waals surface area contributed by atoms with E-state index in [-0.39, 0.29) is 36.7 Å². The molecule has 2 atom stereocenters. The van der Waals surface area contributed by atoms with Gasteiger partial charge in [0.25, 0.3) is 0 Å². The van der Waals surface area contributed by atoms with Crippen LogP contribution in [0.4, 0.5) is 0 Å². The molecule has 0 saturated heterocycles. The van der Waals surface area contributed by atoms with Gasteiger partial charge < -0.3 is 4.74 Å². The summed E-state index contributed by atoms with van der Waals surface area (Å²) >= 11 is 0. The second-order valence-electron chi connectivity index (χ2n) is 2.89. The zero-order valence-corrected chi connectivity index (χ0v) is 11.7. The monoisotopic (exact) mass is 260 g/mol. The molecule has 1 aliphatic heterocycles. The fourth-order valence-corrected chi connectivity index (χ4v) is 1.18. The van der Waals surface area contributed by atoms with Crippen LogP contribution in [0.15, 0.2) is 29.4 Å². The molecule has 0 fully saturated rings. The van der Waals surface area contributed by atoms with Gasteiger partial charge in [-0.25, -0.2) is 4.99 Å². The number of aliphatic imine (C=N–C) groups is 1. The van der Waals surface area contributed by atoms with Crippen molar-refractivity contribution >= 4 is 5.90 Å². The number of hydrogen-bond donors (Lipinski definition) is 0. The molecule has 2 N–H and O–H groups in total. The van der Waals surface area contributed by atoms with E-state index in [2.05, 4.69) is 32.3 Å². The van der Waals surface area contributed by atoms with Crippen LogP contribution in [0.1, 0.15) is 20.8 Å². The molecule has 2 unspecified atom stereocenters. The molecule has 3 nitrogen and oxygen atoms in total. The van der Waals surface area contributed by atoms with Crippen LogP contribution >= 0.6 is 0 Å².